The van der Waals surface area contributed by atoms with E-state index in [0.29, 0.717) is 22.2 Å². The van der Waals surface area contributed by atoms with Crippen molar-refractivity contribution in [2.45, 2.75) is 26.2 Å². The summed E-state index contributed by atoms with van der Waals surface area (Å²) in [5.74, 6) is 0.921. The zero-order valence-corrected chi connectivity index (χ0v) is 17.3. The van der Waals surface area contributed by atoms with Crippen LogP contribution in [0.3, 0.4) is 0 Å². The van der Waals surface area contributed by atoms with Gasteiger partial charge >= 0.3 is 0 Å². The summed E-state index contributed by atoms with van der Waals surface area (Å²) in [6.45, 7) is 1.79. The number of halogens is 1. The number of ether oxygens (including phenoxy) is 2. The maximum atomic E-state index is 12.3. The number of carbonyl (C=O) groups excluding carboxylic acids is 2. The Balaban J connectivity index is 1.67. The fraction of sp³-hybridized carbons (Fsp3) is 0.304. The lowest BCUT2D eigenvalue weighted by Crippen LogP contribution is -2.20. The molecule has 0 heterocycles. The topological polar surface area (TPSA) is 64.6 Å². The van der Waals surface area contributed by atoms with Crippen molar-refractivity contribution in [2.75, 3.05) is 19.0 Å². The van der Waals surface area contributed by atoms with Gasteiger partial charge in [0.05, 0.1) is 17.8 Å². The van der Waals surface area contributed by atoms with Crippen LogP contribution in [0.15, 0.2) is 48.0 Å². The lowest BCUT2D eigenvalue weighted by atomic mass is 9.84. The molecule has 1 N–H and O–H groups in total. The van der Waals surface area contributed by atoms with Gasteiger partial charge in [0.25, 0.3) is 5.91 Å². The van der Waals surface area contributed by atoms with Crippen molar-refractivity contribution in [3.05, 3.63) is 58.6 Å². The number of anilines is 1. The molecular weight excluding hydrogens is 390 g/mol. The molecule has 0 bridgehead atoms. The van der Waals surface area contributed by atoms with E-state index in [1.165, 1.54) is 7.11 Å². The van der Waals surface area contributed by atoms with E-state index in [9.17, 15) is 9.59 Å². The predicted molar refractivity (Wildman–Crippen MR) is 115 cm³/mol. The first-order valence-electron chi connectivity index (χ1n) is 9.58. The van der Waals surface area contributed by atoms with Crippen molar-refractivity contribution in [1.82, 2.24) is 0 Å². The lowest BCUT2D eigenvalue weighted by Gasteiger charge is -2.19. The van der Waals surface area contributed by atoms with Crippen molar-refractivity contribution >= 4 is 35.1 Å². The van der Waals surface area contributed by atoms with Crippen molar-refractivity contribution in [1.29, 1.82) is 0 Å². The van der Waals surface area contributed by atoms with Gasteiger partial charge < -0.3 is 14.8 Å². The molecule has 0 radical (unpaired) electrons. The van der Waals surface area contributed by atoms with Crippen LogP contribution in [0.4, 0.5) is 5.69 Å². The predicted octanol–water partition coefficient (Wildman–Crippen LogP) is 5.14. The van der Waals surface area contributed by atoms with E-state index in [1.54, 1.807) is 36.4 Å². The van der Waals surface area contributed by atoms with Crippen LogP contribution >= 0.6 is 11.6 Å². The highest BCUT2D eigenvalue weighted by Gasteiger charge is 2.22. The second-order valence-corrected chi connectivity index (χ2v) is 7.46. The molecule has 2 aromatic rings. The Bertz CT molecular complexity index is 938. The average molecular weight is 414 g/mol. The van der Waals surface area contributed by atoms with Gasteiger partial charge in [-0.1, -0.05) is 36.7 Å². The standard InChI is InChI=1S/C23H24ClNO4/c1-15-6-5-7-17(23(15)27)12-16-10-11-20(21(13-16)28-2)29-14-22(26)25-19-9-4-3-8-18(19)24/h3-4,8-13,15H,5-7,14H2,1-2H3,(H,25,26)/b17-12+/t15-/m0/s1. The molecule has 0 aliphatic heterocycles. The Kier molecular flexibility index (Phi) is 6.94. The largest absolute Gasteiger partial charge is 0.493 e. The molecule has 0 unspecified atom stereocenters. The van der Waals surface area contributed by atoms with Crippen LogP contribution in [0.2, 0.25) is 5.02 Å². The summed E-state index contributed by atoms with van der Waals surface area (Å²) >= 11 is 6.04. The second-order valence-electron chi connectivity index (χ2n) is 7.05. The number of ketones is 1. The Hall–Kier alpha value is -2.79. The zero-order chi connectivity index (χ0) is 20.8. The maximum absolute atomic E-state index is 12.3. The number of methoxy groups -OCH3 is 1. The summed E-state index contributed by atoms with van der Waals surface area (Å²) in [6.07, 6.45) is 4.68. The monoisotopic (exact) mass is 413 g/mol. The minimum atomic E-state index is -0.326. The minimum Gasteiger partial charge on any atom is -0.493 e. The molecule has 29 heavy (non-hydrogen) atoms. The van der Waals surface area contributed by atoms with Crippen molar-refractivity contribution in [3.8, 4) is 11.5 Å². The molecule has 0 aromatic heterocycles. The van der Waals surface area contributed by atoms with E-state index in [1.807, 2.05) is 19.1 Å². The van der Waals surface area contributed by atoms with Gasteiger partial charge in [-0.15, -0.1) is 0 Å². The number of rotatable bonds is 6. The van der Waals surface area contributed by atoms with Crippen molar-refractivity contribution < 1.29 is 19.1 Å². The van der Waals surface area contributed by atoms with E-state index >= 15 is 0 Å². The SMILES string of the molecule is COc1cc(/C=C2\CCC[C@H](C)C2=O)ccc1OCC(=O)Nc1ccccc1Cl. The van der Waals surface area contributed by atoms with Crippen LogP contribution in [-0.2, 0) is 9.59 Å². The number of para-hydroxylation sites is 1. The molecule has 1 saturated carbocycles. The number of Topliss-reactive ketones (excluding diaryl/α,β-unsaturated/α-hetero) is 1. The molecule has 6 heteroatoms. The van der Waals surface area contributed by atoms with Gasteiger partial charge in [-0.2, -0.15) is 0 Å². The van der Waals surface area contributed by atoms with Gasteiger partial charge in [-0.25, -0.2) is 0 Å². The first-order valence-corrected chi connectivity index (χ1v) is 9.95. The molecule has 1 fully saturated rings. The highest BCUT2D eigenvalue weighted by Crippen LogP contribution is 2.31. The molecule has 3 rings (SSSR count). The molecule has 2 aromatic carbocycles. The van der Waals surface area contributed by atoms with E-state index < -0.39 is 0 Å². The van der Waals surface area contributed by atoms with Gasteiger partial charge in [0.1, 0.15) is 0 Å². The molecule has 5 nitrogen and oxygen atoms in total. The third kappa shape index (κ3) is 5.39. The highest BCUT2D eigenvalue weighted by atomic mass is 35.5. The smallest absolute Gasteiger partial charge is 0.262 e. The third-order valence-corrected chi connectivity index (χ3v) is 5.21. The zero-order valence-electron chi connectivity index (χ0n) is 16.5. The quantitative estimate of drug-likeness (QED) is 0.666. The third-order valence-electron chi connectivity index (χ3n) is 4.88. The first kappa shape index (κ1) is 20.9. The Morgan fingerprint density at radius 2 is 2.03 bits per heavy atom. The second kappa shape index (κ2) is 9.61. The summed E-state index contributed by atoms with van der Waals surface area (Å²) in [5.41, 5.74) is 2.24. The summed E-state index contributed by atoms with van der Waals surface area (Å²) in [4.78, 5) is 24.5. The van der Waals surface area contributed by atoms with Crippen LogP contribution < -0.4 is 14.8 Å². The van der Waals surface area contributed by atoms with Crippen molar-refractivity contribution in [2.24, 2.45) is 5.92 Å². The molecule has 1 amide bonds. The number of benzene rings is 2. The fourth-order valence-corrected chi connectivity index (χ4v) is 3.48. The average Bonchev–Trinajstić information content (AvgIpc) is 2.72. The number of allylic oxidation sites excluding steroid dienone is 1. The van der Waals surface area contributed by atoms with Gasteiger partial charge in [0, 0.05) is 5.92 Å². The van der Waals surface area contributed by atoms with Crippen molar-refractivity contribution in [3.63, 3.8) is 0 Å². The Morgan fingerprint density at radius 1 is 1.24 bits per heavy atom. The summed E-state index contributed by atoms with van der Waals surface area (Å²) < 4.78 is 11.0. The van der Waals surface area contributed by atoms with E-state index in [0.717, 1.165) is 30.4 Å². The maximum Gasteiger partial charge on any atom is 0.262 e. The fourth-order valence-electron chi connectivity index (χ4n) is 3.30. The van der Waals surface area contributed by atoms with E-state index in [-0.39, 0.29) is 24.2 Å². The summed E-state index contributed by atoms with van der Waals surface area (Å²) in [6, 6.07) is 12.4. The summed E-state index contributed by atoms with van der Waals surface area (Å²) in [7, 11) is 1.54. The van der Waals surface area contributed by atoms with Crippen LogP contribution in [0.5, 0.6) is 11.5 Å². The number of carbonyl (C=O) groups is 2. The van der Waals surface area contributed by atoms with Crippen LogP contribution in [0.1, 0.15) is 31.7 Å². The lowest BCUT2D eigenvalue weighted by molar-refractivity contribution is -0.120. The number of nitrogens with one attached hydrogen (secondary N) is 1. The summed E-state index contributed by atoms with van der Waals surface area (Å²) in [5, 5.41) is 3.17. The van der Waals surface area contributed by atoms with E-state index in [4.69, 9.17) is 21.1 Å². The highest BCUT2D eigenvalue weighted by molar-refractivity contribution is 6.33. The normalized spacial score (nSPS) is 17.8. The molecule has 0 saturated heterocycles. The first-order chi connectivity index (χ1) is 14.0. The Labute approximate surface area is 175 Å². The number of hydrogen-bond donors (Lipinski definition) is 1. The molecule has 1 atom stereocenters. The molecule has 1 aliphatic rings. The molecule has 152 valence electrons. The van der Waals surface area contributed by atoms with Gasteiger partial charge in [-0.05, 0) is 60.7 Å². The number of amides is 1. The van der Waals surface area contributed by atoms with Crippen LogP contribution in [-0.4, -0.2) is 25.4 Å². The molecular formula is C23H24ClNO4. The van der Waals surface area contributed by atoms with Crippen LogP contribution in [0, 0.1) is 5.92 Å². The number of hydrogen-bond acceptors (Lipinski definition) is 4. The molecule has 1 aliphatic carbocycles. The molecule has 0 spiro atoms. The van der Waals surface area contributed by atoms with Crippen LogP contribution in [0.25, 0.3) is 6.08 Å². The van der Waals surface area contributed by atoms with Gasteiger partial charge in [0.2, 0.25) is 0 Å². The Morgan fingerprint density at radius 3 is 2.79 bits per heavy atom. The minimum absolute atomic E-state index is 0.0798. The van der Waals surface area contributed by atoms with Gasteiger partial charge in [0.15, 0.2) is 23.9 Å². The van der Waals surface area contributed by atoms with Gasteiger partial charge in [-0.3, -0.25) is 9.59 Å². The van der Waals surface area contributed by atoms with E-state index in [2.05, 4.69) is 5.32 Å².